The minimum atomic E-state index is -0.865. The minimum absolute atomic E-state index is 0.646. The van der Waals surface area contributed by atoms with Gasteiger partial charge in [0.15, 0.2) is 0 Å². The average molecular weight is 174 g/mol. The molecule has 1 nitrogen and oxygen atoms in total. The van der Waals surface area contributed by atoms with Crippen molar-refractivity contribution in [2.75, 3.05) is 0 Å². The maximum Gasteiger partial charge on any atom is 0.122 e. The second kappa shape index (κ2) is 4.11. The van der Waals surface area contributed by atoms with Crippen molar-refractivity contribution < 1.29 is 5.11 Å². The van der Waals surface area contributed by atoms with E-state index in [1.165, 1.54) is 0 Å². The smallest absolute Gasteiger partial charge is 0.122 e. The first-order valence-corrected chi connectivity index (χ1v) is 4.44. The van der Waals surface area contributed by atoms with E-state index in [-0.39, 0.29) is 0 Å². The zero-order chi connectivity index (χ0) is 9.73. The zero-order valence-corrected chi connectivity index (χ0v) is 8.04. The summed E-state index contributed by atoms with van der Waals surface area (Å²) in [6.45, 7) is 3.64. The fourth-order valence-corrected chi connectivity index (χ4v) is 0.817. The van der Waals surface area contributed by atoms with Gasteiger partial charge >= 0.3 is 0 Å². The highest BCUT2D eigenvalue weighted by molar-refractivity contribution is 5.35. The van der Waals surface area contributed by atoms with Crippen molar-refractivity contribution in [3.63, 3.8) is 0 Å². The van der Waals surface area contributed by atoms with E-state index in [1.807, 2.05) is 37.3 Å². The molecule has 0 amide bonds. The van der Waals surface area contributed by atoms with Crippen LogP contribution in [0.2, 0.25) is 0 Å². The lowest BCUT2D eigenvalue weighted by Gasteiger charge is -2.11. The molecule has 0 bridgehead atoms. The van der Waals surface area contributed by atoms with E-state index in [2.05, 4.69) is 11.8 Å². The maximum absolute atomic E-state index is 9.61. The fourth-order valence-electron chi connectivity index (χ4n) is 0.817. The van der Waals surface area contributed by atoms with Gasteiger partial charge in [-0.05, 0) is 25.5 Å². The quantitative estimate of drug-likeness (QED) is 0.647. The third-order valence-electron chi connectivity index (χ3n) is 1.94. The van der Waals surface area contributed by atoms with Crippen molar-refractivity contribution in [3.05, 3.63) is 35.9 Å². The molecule has 1 atom stereocenters. The van der Waals surface area contributed by atoms with Gasteiger partial charge in [-0.1, -0.05) is 37.0 Å². The van der Waals surface area contributed by atoms with Gasteiger partial charge in [-0.2, -0.15) is 0 Å². The van der Waals surface area contributed by atoms with Crippen LogP contribution in [-0.4, -0.2) is 10.7 Å². The summed E-state index contributed by atoms with van der Waals surface area (Å²) in [4.78, 5) is 0. The zero-order valence-electron chi connectivity index (χ0n) is 8.04. The van der Waals surface area contributed by atoms with Gasteiger partial charge in [0.1, 0.15) is 5.60 Å². The molecule has 68 valence electrons. The standard InChI is InChI=1S/C12H14O/c1-3-12(2,13)10-9-11-7-5-4-6-8-11/h4-8,13H,3H2,1-2H3. The Bertz CT molecular complexity index is 314. The highest BCUT2D eigenvalue weighted by Crippen LogP contribution is 2.06. The van der Waals surface area contributed by atoms with Gasteiger partial charge in [0.2, 0.25) is 0 Å². The summed E-state index contributed by atoms with van der Waals surface area (Å²) in [6, 6.07) is 9.68. The molecule has 1 heteroatoms. The predicted molar refractivity (Wildman–Crippen MR) is 54.2 cm³/mol. The van der Waals surface area contributed by atoms with Gasteiger partial charge in [0.05, 0.1) is 0 Å². The van der Waals surface area contributed by atoms with E-state index in [0.29, 0.717) is 6.42 Å². The molecular weight excluding hydrogens is 160 g/mol. The predicted octanol–water partition coefficient (Wildman–Crippen LogP) is 2.20. The maximum atomic E-state index is 9.61. The Kier molecular flexibility index (Phi) is 3.11. The molecule has 0 aromatic heterocycles. The Labute approximate surface area is 79.4 Å². The normalized spacial score (nSPS) is 14.1. The van der Waals surface area contributed by atoms with Crippen LogP contribution in [0.5, 0.6) is 0 Å². The summed E-state index contributed by atoms with van der Waals surface area (Å²) in [7, 11) is 0. The molecular formula is C12H14O. The van der Waals surface area contributed by atoms with Crippen molar-refractivity contribution >= 4 is 0 Å². The largest absolute Gasteiger partial charge is 0.378 e. The topological polar surface area (TPSA) is 20.2 Å². The van der Waals surface area contributed by atoms with Crippen LogP contribution in [0.15, 0.2) is 30.3 Å². The average Bonchev–Trinajstić information content (AvgIpc) is 2.17. The van der Waals surface area contributed by atoms with Gasteiger partial charge in [-0.3, -0.25) is 0 Å². The molecule has 0 heterocycles. The molecule has 0 aliphatic carbocycles. The molecule has 0 radical (unpaired) electrons. The third-order valence-corrected chi connectivity index (χ3v) is 1.94. The summed E-state index contributed by atoms with van der Waals surface area (Å²) in [5, 5.41) is 9.61. The number of rotatable bonds is 1. The molecule has 0 aliphatic heterocycles. The molecule has 0 saturated carbocycles. The molecule has 0 fully saturated rings. The Morgan fingerprint density at radius 3 is 2.46 bits per heavy atom. The molecule has 1 aromatic carbocycles. The van der Waals surface area contributed by atoms with Crippen LogP contribution in [0.1, 0.15) is 25.8 Å². The molecule has 0 aliphatic rings. The third kappa shape index (κ3) is 3.31. The van der Waals surface area contributed by atoms with Gasteiger partial charge in [0, 0.05) is 5.56 Å². The highest BCUT2D eigenvalue weighted by Gasteiger charge is 2.11. The number of hydrogen-bond acceptors (Lipinski definition) is 1. The summed E-state index contributed by atoms with van der Waals surface area (Å²) < 4.78 is 0. The van der Waals surface area contributed by atoms with E-state index in [0.717, 1.165) is 5.56 Å². The summed E-state index contributed by atoms with van der Waals surface area (Å²) in [6.07, 6.45) is 0.646. The van der Waals surface area contributed by atoms with Crippen molar-refractivity contribution in [2.45, 2.75) is 25.9 Å². The lowest BCUT2D eigenvalue weighted by Crippen LogP contribution is -2.19. The first kappa shape index (κ1) is 9.83. The Morgan fingerprint density at radius 2 is 1.92 bits per heavy atom. The van der Waals surface area contributed by atoms with Gasteiger partial charge in [-0.15, -0.1) is 0 Å². The van der Waals surface area contributed by atoms with E-state index < -0.39 is 5.60 Å². The lowest BCUT2D eigenvalue weighted by atomic mass is 10.0. The monoisotopic (exact) mass is 174 g/mol. The molecule has 13 heavy (non-hydrogen) atoms. The van der Waals surface area contributed by atoms with E-state index >= 15 is 0 Å². The first-order valence-electron chi connectivity index (χ1n) is 4.44. The van der Waals surface area contributed by atoms with Crippen molar-refractivity contribution in [3.8, 4) is 11.8 Å². The second-order valence-electron chi connectivity index (χ2n) is 3.24. The summed E-state index contributed by atoms with van der Waals surface area (Å²) in [5.41, 5.74) is 0.0757. The second-order valence-corrected chi connectivity index (χ2v) is 3.24. The Hall–Kier alpha value is -1.26. The Morgan fingerprint density at radius 1 is 1.31 bits per heavy atom. The molecule has 1 N–H and O–H groups in total. The lowest BCUT2D eigenvalue weighted by molar-refractivity contribution is 0.118. The SMILES string of the molecule is CCC(C)(O)C#Cc1ccccc1. The van der Waals surface area contributed by atoms with Crippen LogP contribution in [0.4, 0.5) is 0 Å². The van der Waals surface area contributed by atoms with Gasteiger partial charge in [-0.25, -0.2) is 0 Å². The van der Waals surface area contributed by atoms with E-state index in [1.54, 1.807) is 6.92 Å². The molecule has 1 unspecified atom stereocenters. The summed E-state index contributed by atoms with van der Waals surface area (Å²) in [5.74, 6) is 5.77. The van der Waals surface area contributed by atoms with Crippen molar-refractivity contribution in [1.82, 2.24) is 0 Å². The molecule has 1 rings (SSSR count). The molecule has 0 saturated heterocycles. The van der Waals surface area contributed by atoms with Crippen LogP contribution in [-0.2, 0) is 0 Å². The van der Waals surface area contributed by atoms with Crippen LogP contribution in [0.25, 0.3) is 0 Å². The van der Waals surface area contributed by atoms with Gasteiger partial charge in [0.25, 0.3) is 0 Å². The van der Waals surface area contributed by atoms with Gasteiger partial charge < -0.3 is 5.11 Å². The first-order chi connectivity index (χ1) is 6.14. The fraction of sp³-hybridized carbons (Fsp3) is 0.333. The van der Waals surface area contributed by atoms with E-state index in [4.69, 9.17) is 0 Å². The number of benzene rings is 1. The van der Waals surface area contributed by atoms with Crippen molar-refractivity contribution in [2.24, 2.45) is 0 Å². The van der Waals surface area contributed by atoms with E-state index in [9.17, 15) is 5.11 Å². The number of hydrogen-bond donors (Lipinski definition) is 1. The highest BCUT2D eigenvalue weighted by atomic mass is 16.3. The van der Waals surface area contributed by atoms with Crippen LogP contribution < -0.4 is 0 Å². The Balaban J connectivity index is 2.79. The van der Waals surface area contributed by atoms with Crippen LogP contribution >= 0.6 is 0 Å². The minimum Gasteiger partial charge on any atom is -0.378 e. The van der Waals surface area contributed by atoms with Crippen molar-refractivity contribution in [1.29, 1.82) is 0 Å². The van der Waals surface area contributed by atoms with Crippen LogP contribution in [0.3, 0.4) is 0 Å². The summed E-state index contributed by atoms with van der Waals surface area (Å²) >= 11 is 0. The molecule has 0 spiro atoms. The number of aliphatic hydroxyl groups is 1. The van der Waals surface area contributed by atoms with Crippen LogP contribution in [0, 0.1) is 11.8 Å². The molecule has 1 aromatic rings.